The van der Waals surface area contributed by atoms with Gasteiger partial charge in [0.25, 0.3) is 5.91 Å². The number of ether oxygens (including phenoxy) is 1. The van der Waals surface area contributed by atoms with Crippen LogP contribution >= 0.6 is 11.8 Å². The van der Waals surface area contributed by atoms with E-state index in [-0.39, 0.29) is 13.2 Å². The molecule has 1 aromatic heterocycles. The zero-order valence-electron chi connectivity index (χ0n) is 20.4. The van der Waals surface area contributed by atoms with Crippen LogP contribution in [0.4, 0.5) is 8.78 Å². The first-order valence-electron chi connectivity index (χ1n) is 11.5. The Hall–Kier alpha value is -4.25. The highest BCUT2D eigenvalue weighted by atomic mass is 32.2. The number of carbonyl (C=O) groups is 2. The highest BCUT2D eigenvalue weighted by Crippen LogP contribution is 2.33. The minimum Gasteiger partial charge on any atom is -0.489 e. The van der Waals surface area contributed by atoms with Crippen molar-refractivity contribution in [3.8, 4) is 16.9 Å². The number of rotatable bonds is 11. The van der Waals surface area contributed by atoms with Crippen LogP contribution < -0.4 is 4.74 Å². The zero-order chi connectivity index (χ0) is 27.1. The van der Waals surface area contributed by atoms with Gasteiger partial charge < -0.3 is 14.7 Å². The second-order valence-corrected chi connectivity index (χ2v) is 9.11. The first-order chi connectivity index (χ1) is 18.3. The van der Waals surface area contributed by atoms with E-state index in [1.165, 1.54) is 46.1 Å². The molecule has 0 fully saturated rings. The lowest BCUT2D eigenvalue weighted by Gasteiger charge is -2.21. The molecule has 0 aliphatic rings. The number of halogens is 2. The minimum absolute atomic E-state index is 0.151. The fraction of sp³-hybridized carbons (Fsp3) is 0.185. The molecule has 4 aromatic rings. The summed E-state index contributed by atoms with van der Waals surface area (Å²) in [6, 6.07) is 16.1. The first-order valence-corrected chi connectivity index (χ1v) is 12.7. The largest absolute Gasteiger partial charge is 0.489 e. The first kappa shape index (κ1) is 26.8. The summed E-state index contributed by atoms with van der Waals surface area (Å²) in [5.41, 5.74) is 2.36. The summed E-state index contributed by atoms with van der Waals surface area (Å²) in [5.74, 6) is -2.78. The van der Waals surface area contributed by atoms with Gasteiger partial charge in [0.05, 0.1) is 6.54 Å². The number of carbonyl (C=O) groups excluding carboxylic acids is 1. The number of carboxylic acids is 1. The third-order valence-electron chi connectivity index (χ3n) is 5.67. The molecule has 8 nitrogen and oxygen atoms in total. The monoisotopic (exact) mass is 538 g/mol. The van der Waals surface area contributed by atoms with Gasteiger partial charge in [0.15, 0.2) is 11.6 Å². The highest BCUT2D eigenvalue weighted by Gasteiger charge is 2.19. The summed E-state index contributed by atoms with van der Waals surface area (Å²) in [5, 5.41) is 13.2. The standard InChI is InChI=1S/C27H24F2N4O4S/c1-38-25-13-24(29)23(28)12-22(25)19-5-7-21(8-6-19)37-15-18-3-2-4-20(11-18)27(36)32(14-26(34)35)9-10-33-17-30-16-31-33/h2-8,11-13,16-17H,9-10,14-15H2,1H3,(H,34,35). The maximum absolute atomic E-state index is 13.8. The van der Waals surface area contributed by atoms with E-state index in [1.807, 2.05) is 0 Å². The number of thioether (sulfide) groups is 1. The topological polar surface area (TPSA) is 97.5 Å². The molecule has 0 saturated heterocycles. The molecule has 11 heteroatoms. The molecule has 196 valence electrons. The van der Waals surface area contributed by atoms with Gasteiger partial charge in [0.2, 0.25) is 0 Å². The van der Waals surface area contributed by atoms with Gasteiger partial charge in [-0.3, -0.25) is 14.3 Å². The molecular weight excluding hydrogens is 514 g/mol. The molecule has 1 heterocycles. The number of benzene rings is 3. The van der Waals surface area contributed by atoms with Crippen molar-refractivity contribution in [3.63, 3.8) is 0 Å². The molecular formula is C27H24F2N4O4S. The lowest BCUT2D eigenvalue weighted by atomic mass is 10.1. The van der Waals surface area contributed by atoms with Gasteiger partial charge in [-0.2, -0.15) is 5.10 Å². The van der Waals surface area contributed by atoms with Crippen molar-refractivity contribution >= 4 is 23.6 Å². The van der Waals surface area contributed by atoms with Gasteiger partial charge in [-0.15, -0.1) is 11.8 Å². The molecule has 0 saturated carbocycles. The van der Waals surface area contributed by atoms with E-state index in [2.05, 4.69) is 10.1 Å². The lowest BCUT2D eigenvalue weighted by molar-refractivity contribution is -0.137. The molecule has 0 unspecified atom stereocenters. The van der Waals surface area contributed by atoms with E-state index in [0.717, 1.165) is 11.1 Å². The predicted octanol–water partition coefficient (Wildman–Crippen LogP) is 4.75. The average molecular weight is 539 g/mol. The molecule has 1 amide bonds. The zero-order valence-corrected chi connectivity index (χ0v) is 21.2. The summed E-state index contributed by atoms with van der Waals surface area (Å²) in [7, 11) is 0. The lowest BCUT2D eigenvalue weighted by Crippen LogP contribution is -2.38. The number of amides is 1. The Kier molecular flexibility index (Phi) is 8.70. The SMILES string of the molecule is CSc1cc(F)c(F)cc1-c1ccc(OCc2cccc(C(=O)N(CCn3cncn3)CC(=O)O)c2)cc1. The van der Waals surface area contributed by atoms with Crippen LogP contribution in [0.2, 0.25) is 0 Å². The highest BCUT2D eigenvalue weighted by molar-refractivity contribution is 7.98. The van der Waals surface area contributed by atoms with Crippen molar-refractivity contribution in [3.05, 3.63) is 96.1 Å². The van der Waals surface area contributed by atoms with Gasteiger partial charge in [0, 0.05) is 17.0 Å². The summed E-state index contributed by atoms with van der Waals surface area (Å²) < 4.78 is 34.8. The number of aliphatic carboxylic acids is 1. The predicted molar refractivity (Wildman–Crippen MR) is 138 cm³/mol. The molecule has 0 radical (unpaired) electrons. The third-order valence-corrected chi connectivity index (χ3v) is 6.44. The van der Waals surface area contributed by atoms with E-state index in [4.69, 9.17) is 4.74 Å². The Balaban J connectivity index is 1.42. The fourth-order valence-electron chi connectivity index (χ4n) is 3.78. The van der Waals surface area contributed by atoms with Crippen LogP contribution in [0, 0.1) is 11.6 Å². The molecule has 3 aromatic carbocycles. The smallest absolute Gasteiger partial charge is 0.323 e. The summed E-state index contributed by atoms with van der Waals surface area (Å²) in [4.78, 5) is 30.1. The van der Waals surface area contributed by atoms with Crippen molar-refractivity contribution in [2.75, 3.05) is 19.3 Å². The van der Waals surface area contributed by atoms with Crippen LogP contribution in [-0.4, -0.2) is 56.0 Å². The summed E-state index contributed by atoms with van der Waals surface area (Å²) in [6.07, 6.45) is 4.66. The molecule has 4 rings (SSSR count). The Morgan fingerprint density at radius 1 is 1.08 bits per heavy atom. The van der Waals surface area contributed by atoms with Crippen LogP contribution in [0.15, 0.2) is 78.2 Å². The molecule has 0 spiro atoms. The van der Waals surface area contributed by atoms with Gasteiger partial charge in [0.1, 0.15) is 31.6 Å². The molecule has 0 aliphatic heterocycles. The number of hydrogen-bond donors (Lipinski definition) is 1. The number of hydrogen-bond acceptors (Lipinski definition) is 6. The maximum atomic E-state index is 13.8. The molecule has 38 heavy (non-hydrogen) atoms. The maximum Gasteiger partial charge on any atom is 0.323 e. The third kappa shape index (κ3) is 6.74. The van der Waals surface area contributed by atoms with E-state index < -0.39 is 30.1 Å². The van der Waals surface area contributed by atoms with E-state index in [1.54, 1.807) is 54.8 Å². The normalized spacial score (nSPS) is 10.8. The summed E-state index contributed by atoms with van der Waals surface area (Å²) in [6.45, 7) is 0.176. The Labute approximate surface area is 221 Å². The number of aromatic nitrogens is 3. The van der Waals surface area contributed by atoms with Crippen molar-refractivity contribution in [2.45, 2.75) is 18.0 Å². The number of carboxylic acid groups (broad SMARTS) is 1. The van der Waals surface area contributed by atoms with Crippen molar-refractivity contribution in [2.24, 2.45) is 0 Å². The van der Waals surface area contributed by atoms with Crippen LogP contribution in [0.3, 0.4) is 0 Å². The summed E-state index contributed by atoms with van der Waals surface area (Å²) >= 11 is 1.33. The second-order valence-electron chi connectivity index (χ2n) is 8.26. The van der Waals surface area contributed by atoms with E-state index in [0.29, 0.717) is 28.3 Å². The molecule has 0 atom stereocenters. The Morgan fingerprint density at radius 3 is 2.53 bits per heavy atom. The van der Waals surface area contributed by atoms with Crippen molar-refractivity contribution in [1.29, 1.82) is 0 Å². The molecule has 0 bridgehead atoms. The van der Waals surface area contributed by atoms with Crippen molar-refractivity contribution < 1.29 is 28.2 Å². The number of nitrogens with zero attached hydrogens (tertiary/aromatic N) is 4. The van der Waals surface area contributed by atoms with Gasteiger partial charge in [-0.05, 0) is 59.3 Å². The van der Waals surface area contributed by atoms with Crippen LogP contribution in [0.1, 0.15) is 15.9 Å². The average Bonchev–Trinajstić information content (AvgIpc) is 3.45. The Morgan fingerprint density at radius 2 is 1.84 bits per heavy atom. The Bertz CT molecular complexity index is 1420. The fourth-order valence-corrected chi connectivity index (χ4v) is 4.40. The van der Waals surface area contributed by atoms with Crippen LogP contribution in [0.5, 0.6) is 5.75 Å². The quantitative estimate of drug-likeness (QED) is 0.275. The van der Waals surface area contributed by atoms with Gasteiger partial charge in [-0.25, -0.2) is 13.8 Å². The second kappa shape index (κ2) is 12.3. The molecule has 0 aliphatic carbocycles. The molecule has 1 N–H and O–H groups in total. The minimum atomic E-state index is -1.12. The van der Waals surface area contributed by atoms with E-state index in [9.17, 15) is 23.5 Å². The van der Waals surface area contributed by atoms with E-state index >= 15 is 0 Å². The van der Waals surface area contributed by atoms with Gasteiger partial charge >= 0.3 is 5.97 Å². The van der Waals surface area contributed by atoms with Crippen LogP contribution in [-0.2, 0) is 17.9 Å². The van der Waals surface area contributed by atoms with Crippen molar-refractivity contribution in [1.82, 2.24) is 19.7 Å². The van der Waals surface area contributed by atoms with Crippen LogP contribution in [0.25, 0.3) is 11.1 Å². The van der Waals surface area contributed by atoms with Gasteiger partial charge in [-0.1, -0.05) is 24.3 Å².